The molecule has 0 saturated carbocycles. The summed E-state index contributed by atoms with van der Waals surface area (Å²) in [6.45, 7) is 4.67. The largest absolute Gasteiger partial charge is 0.351 e. The quantitative estimate of drug-likeness (QED) is 0.634. The number of benzene rings is 2. The van der Waals surface area contributed by atoms with Crippen LogP contribution in [0.5, 0.6) is 0 Å². The van der Waals surface area contributed by atoms with Crippen molar-refractivity contribution in [1.29, 1.82) is 0 Å². The van der Waals surface area contributed by atoms with Gasteiger partial charge in [0.1, 0.15) is 11.6 Å². The van der Waals surface area contributed by atoms with Crippen molar-refractivity contribution in [2.45, 2.75) is 56.6 Å². The van der Waals surface area contributed by atoms with Crippen LogP contribution in [0.1, 0.15) is 44.7 Å². The number of rotatable bonds is 6. The Labute approximate surface area is 182 Å². The van der Waals surface area contributed by atoms with Crippen LogP contribution in [0.3, 0.4) is 0 Å². The van der Waals surface area contributed by atoms with E-state index in [1.54, 1.807) is 22.9 Å². The minimum atomic E-state index is -3.85. The molecule has 1 aliphatic rings. The maximum Gasteiger partial charge on any atom is 0.243 e. The zero-order chi connectivity index (χ0) is 22.0. The highest BCUT2D eigenvalue weighted by Gasteiger charge is 2.37. The Morgan fingerprint density at radius 2 is 1.94 bits per heavy atom. The van der Waals surface area contributed by atoms with Crippen LogP contribution in [0.25, 0.3) is 11.0 Å². The van der Waals surface area contributed by atoms with E-state index < -0.39 is 16.1 Å². The molecule has 1 saturated heterocycles. The van der Waals surface area contributed by atoms with Gasteiger partial charge in [-0.1, -0.05) is 42.0 Å². The minimum absolute atomic E-state index is 0.118. The summed E-state index contributed by atoms with van der Waals surface area (Å²) in [6.07, 6.45) is 2.05. The zero-order valence-electron chi connectivity index (χ0n) is 17.7. The van der Waals surface area contributed by atoms with Crippen LogP contribution >= 0.6 is 0 Å². The molecule has 1 aliphatic heterocycles. The van der Waals surface area contributed by atoms with E-state index >= 15 is 0 Å². The standard InChI is InChI=1S/C22H27N5O3S/c1-16(2)27-20-12-11-18(14-19(20)24-25-27)31(29,30)26-13-7-6-10-21(26)22(28)23-15-17-8-4-3-5-9-17/h3-5,8-9,11-12,14,16,21H,6-7,10,13,15H2,1-2H3,(H,23,28)/t21-/m0/s1. The third kappa shape index (κ3) is 4.33. The average molecular weight is 442 g/mol. The molecular formula is C22H27N5O3S. The smallest absolute Gasteiger partial charge is 0.243 e. The SMILES string of the molecule is CC(C)n1nnc2cc(S(=O)(=O)N3CCCC[C@H]3C(=O)NCc3ccccc3)ccc21. The molecule has 8 nitrogen and oxygen atoms in total. The number of carbonyl (C=O) groups excluding carboxylic acids is 1. The second-order valence-corrected chi connectivity index (χ2v) is 10.00. The molecule has 2 aromatic carbocycles. The molecule has 1 atom stereocenters. The maximum atomic E-state index is 13.5. The third-order valence-electron chi connectivity index (χ3n) is 5.60. The Kier molecular flexibility index (Phi) is 6.06. The van der Waals surface area contributed by atoms with E-state index in [0.717, 1.165) is 23.9 Å². The highest BCUT2D eigenvalue weighted by molar-refractivity contribution is 7.89. The normalized spacial score (nSPS) is 17.8. The molecule has 0 radical (unpaired) electrons. The number of piperidine rings is 1. The van der Waals surface area contributed by atoms with Gasteiger partial charge >= 0.3 is 0 Å². The van der Waals surface area contributed by atoms with Gasteiger partial charge < -0.3 is 5.32 Å². The van der Waals surface area contributed by atoms with Crippen LogP contribution in [-0.2, 0) is 21.4 Å². The molecule has 0 unspecified atom stereocenters. The fraction of sp³-hybridized carbons (Fsp3) is 0.409. The van der Waals surface area contributed by atoms with Crippen LogP contribution in [0, 0.1) is 0 Å². The third-order valence-corrected chi connectivity index (χ3v) is 7.51. The van der Waals surface area contributed by atoms with Crippen molar-refractivity contribution < 1.29 is 13.2 Å². The lowest BCUT2D eigenvalue weighted by Gasteiger charge is -2.33. The van der Waals surface area contributed by atoms with Gasteiger partial charge in [0.15, 0.2) is 0 Å². The molecule has 2 heterocycles. The van der Waals surface area contributed by atoms with Gasteiger partial charge in [0, 0.05) is 19.1 Å². The van der Waals surface area contributed by atoms with Gasteiger partial charge in [-0.05, 0) is 50.5 Å². The molecule has 164 valence electrons. The molecule has 0 bridgehead atoms. The maximum absolute atomic E-state index is 13.5. The van der Waals surface area contributed by atoms with Crippen molar-refractivity contribution in [2.24, 2.45) is 0 Å². The number of amides is 1. The lowest BCUT2D eigenvalue weighted by Crippen LogP contribution is -2.51. The van der Waals surface area contributed by atoms with E-state index in [-0.39, 0.29) is 16.8 Å². The first kappa shape index (κ1) is 21.5. The summed E-state index contributed by atoms with van der Waals surface area (Å²) in [7, 11) is -3.85. The number of sulfonamides is 1. The summed E-state index contributed by atoms with van der Waals surface area (Å²) in [5, 5.41) is 11.1. The molecule has 1 fully saturated rings. The predicted octanol–water partition coefficient (Wildman–Crippen LogP) is 2.87. The summed E-state index contributed by atoms with van der Waals surface area (Å²) in [4.78, 5) is 13.0. The van der Waals surface area contributed by atoms with Crippen molar-refractivity contribution >= 4 is 27.0 Å². The molecule has 1 N–H and O–H groups in total. The topological polar surface area (TPSA) is 97.2 Å². The van der Waals surface area contributed by atoms with Crippen LogP contribution < -0.4 is 5.32 Å². The Morgan fingerprint density at radius 1 is 1.16 bits per heavy atom. The number of hydrogen-bond acceptors (Lipinski definition) is 5. The highest BCUT2D eigenvalue weighted by Crippen LogP contribution is 2.28. The molecule has 0 aliphatic carbocycles. The fourth-order valence-electron chi connectivity index (χ4n) is 3.96. The van der Waals surface area contributed by atoms with E-state index in [0.29, 0.717) is 25.0 Å². The molecule has 3 aromatic rings. The Balaban J connectivity index is 1.57. The highest BCUT2D eigenvalue weighted by atomic mass is 32.2. The average Bonchev–Trinajstić information content (AvgIpc) is 3.22. The lowest BCUT2D eigenvalue weighted by atomic mass is 10.0. The van der Waals surface area contributed by atoms with Crippen molar-refractivity contribution in [3.8, 4) is 0 Å². The number of aromatic nitrogens is 3. The summed E-state index contributed by atoms with van der Waals surface area (Å²) in [5.41, 5.74) is 2.28. The number of nitrogens with zero attached hydrogens (tertiary/aromatic N) is 4. The molecule has 1 aromatic heterocycles. The van der Waals surface area contributed by atoms with Crippen molar-refractivity contribution in [3.05, 3.63) is 54.1 Å². The molecule has 4 rings (SSSR count). The fourth-order valence-corrected chi connectivity index (χ4v) is 5.63. The molecular weight excluding hydrogens is 414 g/mol. The zero-order valence-corrected chi connectivity index (χ0v) is 18.5. The predicted molar refractivity (Wildman–Crippen MR) is 118 cm³/mol. The van der Waals surface area contributed by atoms with Gasteiger partial charge in [-0.2, -0.15) is 4.31 Å². The van der Waals surface area contributed by atoms with Gasteiger partial charge in [-0.15, -0.1) is 5.10 Å². The minimum Gasteiger partial charge on any atom is -0.351 e. The van der Waals surface area contributed by atoms with Gasteiger partial charge in [0.05, 0.1) is 10.4 Å². The first-order valence-corrected chi connectivity index (χ1v) is 12.0. The van der Waals surface area contributed by atoms with Gasteiger partial charge in [-0.3, -0.25) is 4.79 Å². The van der Waals surface area contributed by atoms with E-state index in [2.05, 4.69) is 15.6 Å². The van der Waals surface area contributed by atoms with E-state index in [4.69, 9.17) is 0 Å². The molecule has 9 heteroatoms. The summed E-state index contributed by atoms with van der Waals surface area (Å²) < 4.78 is 30.0. The van der Waals surface area contributed by atoms with Crippen molar-refractivity contribution in [2.75, 3.05) is 6.54 Å². The van der Waals surface area contributed by atoms with Crippen molar-refractivity contribution in [3.63, 3.8) is 0 Å². The number of fused-ring (bicyclic) bond motifs is 1. The molecule has 0 spiro atoms. The number of nitrogens with one attached hydrogen (secondary N) is 1. The van der Waals surface area contributed by atoms with Gasteiger partial charge in [-0.25, -0.2) is 13.1 Å². The van der Waals surface area contributed by atoms with E-state index in [1.165, 1.54) is 4.31 Å². The first-order valence-electron chi connectivity index (χ1n) is 10.6. The molecule has 1 amide bonds. The van der Waals surface area contributed by atoms with E-state index in [9.17, 15) is 13.2 Å². The van der Waals surface area contributed by atoms with Gasteiger partial charge in [0.25, 0.3) is 0 Å². The summed E-state index contributed by atoms with van der Waals surface area (Å²) >= 11 is 0. The lowest BCUT2D eigenvalue weighted by molar-refractivity contribution is -0.125. The second-order valence-electron chi connectivity index (χ2n) is 8.11. The Hall–Kier alpha value is -2.78. The Bertz CT molecular complexity index is 1170. The summed E-state index contributed by atoms with van der Waals surface area (Å²) in [6, 6.07) is 13.8. The first-order chi connectivity index (χ1) is 14.9. The molecule has 31 heavy (non-hydrogen) atoms. The van der Waals surface area contributed by atoms with Crippen LogP contribution in [0.15, 0.2) is 53.4 Å². The Morgan fingerprint density at radius 3 is 2.68 bits per heavy atom. The van der Waals surface area contributed by atoms with Crippen LogP contribution in [0.2, 0.25) is 0 Å². The summed E-state index contributed by atoms with van der Waals surface area (Å²) in [5.74, 6) is -0.265. The number of carbonyl (C=O) groups is 1. The monoisotopic (exact) mass is 441 g/mol. The van der Waals surface area contributed by atoms with Crippen LogP contribution in [0.4, 0.5) is 0 Å². The van der Waals surface area contributed by atoms with Crippen LogP contribution in [-0.4, -0.2) is 46.2 Å². The van der Waals surface area contributed by atoms with Crippen molar-refractivity contribution in [1.82, 2.24) is 24.6 Å². The van der Waals surface area contributed by atoms with Gasteiger partial charge in [0.2, 0.25) is 15.9 Å². The number of hydrogen-bond donors (Lipinski definition) is 1. The van der Waals surface area contributed by atoms with E-state index in [1.807, 2.05) is 44.2 Å². The second kappa shape index (κ2) is 8.76.